The molecule has 1 unspecified atom stereocenters. The zero-order valence-electron chi connectivity index (χ0n) is 9.33. The van der Waals surface area contributed by atoms with Crippen molar-refractivity contribution < 1.29 is 14.3 Å². The third kappa shape index (κ3) is 3.02. The molecular weight excluding hydrogens is 208 g/mol. The first kappa shape index (κ1) is 11.5. The zero-order valence-corrected chi connectivity index (χ0v) is 9.33. The normalized spacial score (nSPS) is 26.4. The molecule has 0 aromatic rings. The first-order valence-corrected chi connectivity index (χ1v) is 5.94. The fraction of sp³-hybridized carbons (Fsp3) is 0.818. The summed E-state index contributed by atoms with van der Waals surface area (Å²) < 4.78 is 5.65. The summed E-state index contributed by atoms with van der Waals surface area (Å²) in [7, 11) is 0. The Labute approximate surface area is 94.9 Å². The van der Waals surface area contributed by atoms with Crippen LogP contribution in [0.1, 0.15) is 32.1 Å². The molecule has 1 saturated carbocycles. The fourth-order valence-corrected chi connectivity index (χ4v) is 2.23. The van der Waals surface area contributed by atoms with Crippen molar-refractivity contribution in [1.82, 2.24) is 10.6 Å². The van der Waals surface area contributed by atoms with Gasteiger partial charge in [0.1, 0.15) is 0 Å². The summed E-state index contributed by atoms with van der Waals surface area (Å²) in [4.78, 5) is 22.1. The third-order valence-electron chi connectivity index (χ3n) is 3.12. The van der Waals surface area contributed by atoms with Crippen molar-refractivity contribution in [3.05, 3.63) is 0 Å². The van der Waals surface area contributed by atoms with Crippen molar-refractivity contribution in [2.75, 3.05) is 13.2 Å². The van der Waals surface area contributed by atoms with Gasteiger partial charge in [-0.2, -0.15) is 0 Å². The minimum atomic E-state index is -0.361. The highest BCUT2D eigenvalue weighted by Gasteiger charge is 2.29. The van der Waals surface area contributed by atoms with Crippen LogP contribution in [0.25, 0.3) is 0 Å². The molecule has 90 valence electrons. The van der Waals surface area contributed by atoms with Crippen LogP contribution >= 0.6 is 0 Å². The molecule has 5 heteroatoms. The van der Waals surface area contributed by atoms with E-state index in [-0.39, 0.29) is 24.3 Å². The van der Waals surface area contributed by atoms with Crippen LogP contribution in [0.5, 0.6) is 0 Å². The Morgan fingerprint density at radius 1 is 1.31 bits per heavy atom. The van der Waals surface area contributed by atoms with Gasteiger partial charge >= 0.3 is 0 Å². The molecule has 1 saturated heterocycles. The zero-order chi connectivity index (χ0) is 11.4. The maximum atomic E-state index is 11.2. The number of hydrogen-bond donors (Lipinski definition) is 2. The van der Waals surface area contributed by atoms with Crippen molar-refractivity contribution in [3.8, 4) is 0 Å². The molecular formula is C11H18N2O3. The number of hydrogen-bond acceptors (Lipinski definition) is 4. The molecule has 2 fully saturated rings. The number of amides is 2. The second-order valence-corrected chi connectivity index (χ2v) is 4.40. The molecule has 0 radical (unpaired) electrons. The van der Waals surface area contributed by atoms with Crippen molar-refractivity contribution in [2.24, 2.45) is 0 Å². The Kier molecular flexibility index (Phi) is 3.90. The summed E-state index contributed by atoms with van der Waals surface area (Å²) in [5.41, 5.74) is 0. The van der Waals surface area contributed by atoms with Crippen LogP contribution in [0.3, 0.4) is 0 Å². The first-order chi connectivity index (χ1) is 7.75. The summed E-state index contributed by atoms with van der Waals surface area (Å²) in [6.07, 6.45) is 5.49. The number of nitrogens with one attached hydrogen (secondary N) is 2. The van der Waals surface area contributed by atoms with Crippen LogP contribution in [0, 0.1) is 0 Å². The number of rotatable bonds is 5. The van der Waals surface area contributed by atoms with E-state index in [0.29, 0.717) is 19.3 Å². The number of carbonyl (C=O) groups is 2. The Bertz CT molecular complexity index is 274. The predicted octanol–water partition coefficient (Wildman–Crippen LogP) is -0.0497. The lowest BCUT2D eigenvalue weighted by atomic mass is 10.2. The average Bonchev–Trinajstić information content (AvgIpc) is 2.84. The van der Waals surface area contributed by atoms with Gasteiger partial charge in [-0.15, -0.1) is 0 Å². The summed E-state index contributed by atoms with van der Waals surface area (Å²) >= 11 is 0. The van der Waals surface area contributed by atoms with Crippen LogP contribution in [0.2, 0.25) is 0 Å². The van der Waals surface area contributed by atoms with E-state index in [9.17, 15) is 9.59 Å². The smallest absolute Gasteiger partial charge is 0.244 e. The molecule has 0 bridgehead atoms. The molecule has 16 heavy (non-hydrogen) atoms. The maximum Gasteiger partial charge on any atom is 0.244 e. The van der Waals surface area contributed by atoms with Crippen LogP contribution in [0.15, 0.2) is 0 Å². The van der Waals surface area contributed by atoms with E-state index >= 15 is 0 Å². The molecule has 0 aromatic heterocycles. The van der Waals surface area contributed by atoms with Gasteiger partial charge in [-0.3, -0.25) is 14.9 Å². The molecule has 0 spiro atoms. The summed E-state index contributed by atoms with van der Waals surface area (Å²) in [6, 6.07) is -0.361. The van der Waals surface area contributed by atoms with Crippen LogP contribution in [0.4, 0.5) is 0 Å². The Hall–Kier alpha value is -0.940. The highest BCUT2D eigenvalue weighted by molar-refractivity contribution is 6.05. The Morgan fingerprint density at radius 2 is 2.06 bits per heavy atom. The Morgan fingerprint density at radius 3 is 2.69 bits per heavy atom. The lowest BCUT2D eigenvalue weighted by molar-refractivity contribution is -0.125. The summed E-state index contributed by atoms with van der Waals surface area (Å²) in [5.74, 6) is -0.412. The van der Waals surface area contributed by atoms with Gasteiger partial charge in [-0.25, -0.2) is 0 Å². The van der Waals surface area contributed by atoms with Gasteiger partial charge < -0.3 is 10.1 Å². The minimum absolute atomic E-state index is 0.195. The second-order valence-electron chi connectivity index (χ2n) is 4.40. The molecule has 5 nitrogen and oxygen atoms in total. The van der Waals surface area contributed by atoms with Crippen molar-refractivity contribution in [1.29, 1.82) is 0 Å². The topological polar surface area (TPSA) is 67.4 Å². The van der Waals surface area contributed by atoms with E-state index in [1.54, 1.807) is 0 Å². The van der Waals surface area contributed by atoms with Crippen molar-refractivity contribution >= 4 is 11.8 Å². The molecule has 2 aliphatic rings. The quantitative estimate of drug-likeness (QED) is 0.509. The molecule has 2 rings (SSSR count). The molecule has 0 aromatic carbocycles. The van der Waals surface area contributed by atoms with Gasteiger partial charge in [0, 0.05) is 6.54 Å². The van der Waals surface area contributed by atoms with Gasteiger partial charge in [0.25, 0.3) is 0 Å². The first-order valence-electron chi connectivity index (χ1n) is 5.94. The molecule has 2 amide bonds. The summed E-state index contributed by atoms with van der Waals surface area (Å²) in [6.45, 7) is 1.24. The average molecular weight is 226 g/mol. The van der Waals surface area contributed by atoms with E-state index < -0.39 is 0 Å². The molecule has 1 atom stereocenters. The van der Waals surface area contributed by atoms with Crippen molar-refractivity contribution in [3.63, 3.8) is 0 Å². The van der Waals surface area contributed by atoms with Crippen LogP contribution in [-0.2, 0) is 14.3 Å². The number of imide groups is 1. The lowest BCUT2D eigenvalue weighted by Gasteiger charge is -2.13. The van der Waals surface area contributed by atoms with E-state index in [2.05, 4.69) is 10.6 Å². The van der Waals surface area contributed by atoms with E-state index in [0.717, 1.165) is 12.8 Å². The minimum Gasteiger partial charge on any atom is -0.377 e. The number of carbonyl (C=O) groups excluding carboxylic acids is 2. The SMILES string of the molecule is O=C1CC(NCCOC2CCCC2)C(=O)N1. The van der Waals surface area contributed by atoms with E-state index in [4.69, 9.17) is 4.74 Å². The largest absolute Gasteiger partial charge is 0.377 e. The van der Waals surface area contributed by atoms with Gasteiger partial charge in [-0.1, -0.05) is 12.8 Å². The predicted molar refractivity (Wildman–Crippen MR) is 57.8 cm³/mol. The molecule has 1 heterocycles. The molecule has 1 aliphatic carbocycles. The monoisotopic (exact) mass is 226 g/mol. The summed E-state index contributed by atoms with van der Waals surface area (Å²) in [5, 5.41) is 5.30. The number of ether oxygens (including phenoxy) is 1. The van der Waals surface area contributed by atoms with Gasteiger partial charge in [0.05, 0.1) is 25.2 Å². The molecule has 2 N–H and O–H groups in total. The maximum absolute atomic E-state index is 11.2. The molecule has 1 aliphatic heterocycles. The second kappa shape index (κ2) is 5.41. The standard InChI is InChI=1S/C11H18N2O3/c14-10-7-9(11(15)13-10)12-5-6-16-8-3-1-2-4-8/h8-9,12H,1-7H2,(H,13,14,15). The van der Waals surface area contributed by atoms with Gasteiger partial charge in [-0.05, 0) is 12.8 Å². The highest BCUT2D eigenvalue weighted by Crippen LogP contribution is 2.20. The van der Waals surface area contributed by atoms with E-state index in [1.165, 1.54) is 12.8 Å². The van der Waals surface area contributed by atoms with E-state index in [1.807, 2.05) is 0 Å². The van der Waals surface area contributed by atoms with Gasteiger partial charge in [0.15, 0.2) is 0 Å². The lowest BCUT2D eigenvalue weighted by Crippen LogP contribution is -2.38. The Balaban J connectivity index is 1.57. The third-order valence-corrected chi connectivity index (χ3v) is 3.12. The van der Waals surface area contributed by atoms with Crippen LogP contribution < -0.4 is 10.6 Å². The highest BCUT2D eigenvalue weighted by atomic mass is 16.5. The fourth-order valence-electron chi connectivity index (χ4n) is 2.23. The van der Waals surface area contributed by atoms with Crippen LogP contribution in [-0.4, -0.2) is 37.1 Å². The van der Waals surface area contributed by atoms with Gasteiger partial charge in [0.2, 0.25) is 11.8 Å². The van der Waals surface area contributed by atoms with Crippen molar-refractivity contribution in [2.45, 2.75) is 44.2 Å².